The molecule has 0 unspecified atom stereocenters. The lowest BCUT2D eigenvalue weighted by molar-refractivity contribution is 0.144. The molecule has 2 amide bonds. The molecule has 1 aliphatic heterocycles. The smallest absolute Gasteiger partial charge is 0.322 e. The molecule has 0 spiro atoms. The van der Waals surface area contributed by atoms with E-state index in [1.165, 1.54) is 0 Å². The number of amides is 2. The number of fused-ring (bicyclic) bond motifs is 1. The average Bonchev–Trinajstić information content (AvgIpc) is 3.16. The molecule has 8 heteroatoms. The standard InChI is InChI=1S/C23H30N6O2/c1-4-21-25-18-6-5-9-24-22(18)29(21)15-12-27-10-13-28(14-11-27)23(30)26-19-16-17(2)7-8-20(19)31-3/h5-9,16H,4,10-15H2,1-3H3,(H,26,30). The third-order valence-electron chi connectivity index (χ3n) is 5.79. The Labute approximate surface area is 182 Å². The number of urea groups is 1. The van der Waals surface area contributed by atoms with E-state index in [0.717, 1.165) is 55.2 Å². The number of anilines is 1. The van der Waals surface area contributed by atoms with Crippen molar-refractivity contribution in [3.05, 3.63) is 47.9 Å². The number of carbonyl (C=O) groups excluding carboxylic acids is 1. The predicted molar refractivity (Wildman–Crippen MR) is 122 cm³/mol. The topological polar surface area (TPSA) is 75.5 Å². The van der Waals surface area contributed by atoms with E-state index in [0.29, 0.717) is 24.5 Å². The highest BCUT2D eigenvalue weighted by Gasteiger charge is 2.22. The molecular weight excluding hydrogens is 392 g/mol. The summed E-state index contributed by atoms with van der Waals surface area (Å²) in [5, 5.41) is 3.00. The first kappa shape index (κ1) is 21.1. The number of methoxy groups -OCH3 is 1. The zero-order valence-corrected chi connectivity index (χ0v) is 18.5. The van der Waals surface area contributed by atoms with E-state index >= 15 is 0 Å². The Kier molecular flexibility index (Phi) is 6.36. The largest absolute Gasteiger partial charge is 0.495 e. The van der Waals surface area contributed by atoms with Crippen molar-refractivity contribution >= 4 is 22.9 Å². The summed E-state index contributed by atoms with van der Waals surface area (Å²) >= 11 is 0. The van der Waals surface area contributed by atoms with Crippen LogP contribution in [0.25, 0.3) is 11.2 Å². The van der Waals surface area contributed by atoms with Crippen LogP contribution in [0.2, 0.25) is 0 Å². The van der Waals surface area contributed by atoms with Gasteiger partial charge >= 0.3 is 6.03 Å². The van der Waals surface area contributed by atoms with Gasteiger partial charge in [0.2, 0.25) is 0 Å². The van der Waals surface area contributed by atoms with E-state index in [4.69, 9.17) is 9.72 Å². The van der Waals surface area contributed by atoms with Crippen molar-refractivity contribution < 1.29 is 9.53 Å². The summed E-state index contributed by atoms with van der Waals surface area (Å²) in [6.07, 6.45) is 2.70. The third kappa shape index (κ3) is 4.64. The van der Waals surface area contributed by atoms with E-state index in [2.05, 4.69) is 26.7 Å². The van der Waals surface area contributed by atoms with Crippen molar-refractivity contribution in [2.75, 3.05) is 45.2 Å². The Bertz CT molecular complexity index is 1060. The van der Waals surface area contributed by atoms with Gasteiger partial charge in [-0.25, -0.2) is 14.8 Å². The van der Waals surface area contributed by atoms with Crippen LogP contribution in [0.4, 0.5) is 10.5 Å². The van der Waals surface area contributed by atoms with Crippen LogP contribution in [0.5, 0.6) is 5.75 Å². The number of aryl methyl sites for hydroxylation is 2. The molecule has 1 aromatic carbocycles. The number of hydrogen-bond donors (Lipinski definition) is 1. The van der Waals surface area contributed by atoms with Crippen molar-refractivity contribution in [1.82, 2.24) is 24.3 Å². The van der Waals surface area contributed by atoms with Crippen LogP contribution in [-0.4, -0.2) is 70.2 Å². The molecule has 2 aromatic heterocycles. The quantitative estimate of drug-likeness (QED) is 0.660. The summed E-state index contributed by atoms with van der Waals surface area (Å²) in [6, 6.07) is 9.63. The summed E-state index contributed by atoms with van der Waals surface area (Å²) in [7, 11) is 1.61. The molecule has 1 N–H and O–H groups in total. The maximum absolute atomic E-state index is 12.7. The van der Waals surface area contributed by atoms with E-state index in [9.17, 15) is 4.79 Å². The van der Waals surface area contributed by atoms with Gasteiger partial charge in [0.25, 0.3) is 0 Å². The molecule has 8 nitrogen and oxygen atoms in total. The normalized spacial score (nSPS) is 14.7. The summed E-state index contributed by atoms with van der Waals surface area (Å²) in [5.74, 6) is 1.74. The van der Waals surface area contributed by atoms with Gasteiger partial charge in [0.05, 0.1) is 12.8 Å². The Morgan fingerprint density at radius 3 is 2.71 bits per heavy atom. The van der Waals surface area contributed by atoms with Crippen LogP contribution in [0.3, 0.4) is 0 Å². The second-order valence-corrected chi connectivity index (χ2v) is 7.84. The molecule has 0 atom stereocenters. The lowest BCUT2D eigenvalue weighted by atomic mass is 10.2. The number of benzene rings is 1. The lowest BCUT2D eigenvalue weighted by Crippen LogP contribution is -2.50. The van der Waals surface area contributed by atoms with Crippen molar-refractivity contribution in [3.8, 4) is 5.75 Å². The van der Waals surface area contributed by atoms with Crippen molar-refractivity contribution in [1.29, 1.82) is 0 Å². The number of hydrogen-bond acceptors (Lipinski definition) is 5. The maximum Gasteiger partial charge on any atom is 0.322 e. The fourth-order valence-electron chi connectivity index (χ4n) is 4.04. The van der Waals surface area contributed by atoms with Gasteiger partial charge in [0, 0.05) is 51.9 Å². The van der Waals surface area contributed by atoms with Crippen LogP contribution in [0.15, 0.2) is 36.5 Å². The van der Waals surface area contributed by atoms with E-state index < -0.39 is 0 Å². The highest BCUT2D eigenvalue weighted by molar-refractivity contribution is 5.91. The molecule has 4 rings (SSSR count). The number of nitrogens with zero attached hydrogens (tertiary/aromatic N) is 5. The molecule has 164 valence electrons. The minimum atomic E-state index is -0.0818. The first-order valence-corrected chi connectivity index (χ1v) is 10.8. The molecule has 31 heavy (non-hydrogen) atoms. The number of imidazole rings is 1. The van der Waals surface area contributed by atoms with Gasteiger partial charge in [-0.05, 0) is 36.8 Å². The zero-order valence-electron chi connectivity index (χ0n) is 18.5. The fraction of sp³-hybridized carbons (Fsp3) is 0.435. The average molecular weight is 423 g/mol. The van der Waals surface area contributed by atoms with Crippen molar-refractivity contribution in [2.24, 2.45) is 0 Å². The molecule has 1 aliphatic rings. The summed E-state index contributed by atoms with van der Waals surface area (Å²) in [4.78, 5) is 26.2. The highest BCUT2D eigenvalue weighted by atomic mass is 16.5. The first-order chi connectivity index (χ1) is 15.1. The van der Waals surface area contributed by atoms with Gasteiger partial charge in [-0.2, -0.15) is 0 Å². The summed E-state index contributed by atoms with van der Waals surface area (Å²) in [5.41, 5.74) is 3.69. The van der Waals surface area contributed by atoms with E-state index in [1.54, 1.807) is 7.11 Å². The molecule has 0 radical (unpaired) electrons. The second kappa shape index (κ2) is 9.34. The zero-order chi connectivity index (χ0) is 21.8. The predicted octanol–water partition coefficient (Wildman–Crippen LogP) is 3.16. The molecular formula is C23H30N6O2. The summed E-state index contributed by atoms with van der Waals surface area (Å²) in [6.45, 7) is 8.97. The second-order valence-electron chi connectivity index (χ2n) is 7.84. The Morgan fingerprint density at radius 2 is 1.97 bits per heavy atom. The number of nitrogens with one attached hydrogen (secondary N) is 1. The molecule has 1 saturated heterocycles. The molecule has 3 heterocycles. The van der Waals surface area contributed by atoms with Crippen LogP contribution < -0.4 is 10.1 Å². The van der Waals surface area contributed by atoms with E-state index in [1.807, 2.05) is 48.4 Å². The van der Waals surface area contributed by atoms with Gasteiger partial charge < -0.3 is 19.5 Å². The van der Waals surface area contributed by atoms with Crippen LogP contribution in [-0.2, 0) is 13.0 Å². The first-order valence-electron chi connectivity index (χ1n) is 10.8. The maximum atomic E-state index is 12.7. The molecule has 0 saturated carbocycles. The van der Waals surface area contributed by atoms with Gasteiger partial charge in [-0.15, -0.1) is 0 Å². The van der Waals surface area contributed by atoms with E-state index in [-0.39, 0.29) is 6.03 Å². The molecule has 1 fully saturated rings. The fourth-order valence-corrected chi connectivity index (χ4v) is 4.04. The van der Waals surface area contributed by atoms with Crippen LogP contribution in [0, 0.1) is 6.92 Å². The number of piperazine rings is 1. The summed E-state index contributed by atoms with van der Waals surface area (Å²) < 4.78 is 7.59. The van der Waals surface area contributed by atoms with Gasteiger partial charge in [-0.3, -0.25) is 4.90 Å². The number of ether oxygens (including phenoxy) is 1. The SMILES string of the molecule is CCc1nc2cccnc2n1CCN1CCN(C(=O)Nc2cc(C)ccc2OC)CC1. The van der Waals surface area contributed by atoms with Gasteiger partial charge in [-0.1, -0.05) is 13.0 Å². The molecule has 3 aromatic rings. The molecule has 0 bridgehead atoms. The Morgan fingerprint density at radius 1 is 1.16 bits per heavy atom. The van der Waals surface area contributed by atoms with Crippen molar-refractivity contribution in [2.45, 2.75) is 26.8 Å². The Hall–Kier alpha value is -3.13. The minimum Gasteiger partial charge on any atom is -0.495 e. The van der Waals surface area contributed by atoms with Crippen LogP contribution in [0.1, 0.15) is 18.3 Å². The number of rotatable bonds is 6. The highest BCUT2D eigenvalue weighted by Crippen LogP contribution is 2.25. The Balaban J connectivity index is 1.32. The minimum absolute atomic E-state index is 0.0818. The van der Waals surface area contributed by atoms with Crippen molar-refractivity contribution in [3.63, 3.8) is 0 Å². The number of aromatic nitrogens is 3. The number of carbonyl (C=O) groups is 1. The van der Waals surface area contributed by atoms with Gasteiger partial charge in [0.15, 0.2) is 5.65 Å². The van der Waals surface area contributed by atoms with Crippen LogP contribution >= 0.6 is 0 Å². The lowest BCUT2D eigenvalue weighted by Gasteiger charge is -2.34. The number of pyridine rings is 1. The van der Waals surface area contributed by atoms with Gasteiger partial charge in [0.1, 0.15) is 17.1 Å². The monoisotopic (exact) mass is 422 g/mol. The third-order valence-corrected chi connectivity index (χ3v) is 5.79. The molecule has 0 aliphatic carbocycles.